The Bertz CT molecular complexity index is 686. The second-order valence-electron chi connectivity index (χ2n) is 6.00. The first kappa shape index (κ1) is 15.5. The third kappa shape index (κ3) is 2.91. The highest BCUT2D eigenvalue weighted by Crippen LogP contribution is 2.27. The summed E-state index contributed by atoms with van der Waals surface area (Å²) in [6.45, 7) is 5.12. The van der Waals surface area contributed by atoms with Crippen molar-refractivity contribution in [1.82, 2.24) is 25.1 Å². The lowest BCUT2D eigenvalue weighted by molar-refractivity contribution is 0.0551. The monoisotopic (exact) mass is 315 g/mol. The van der Waals surface area contributed by atoms with Gasteiger partial charge in [-0.3, -0.25) is 4.79 Å². The van der Waals surface area contributed by atoms with Crippen molar-refractivity contribution in [2.45, 2.75) is 32.7 Å². The Morgan fingerprint density at radius 1 is 1.35 bits per heavy atom. The Kier molecular flexibility index (Phi) is 4.27. The number of methoxy groups -OCH3 is 1. The molecule has 1 aliphatic rings. The molecule has 1 aromatic heterocycles. The highest BCUT2D eigenvalue weighted by Gasteiger charge is 2.29. The van der Waals surface area contributed by atoms with E-state index in [2.05, 4.69) is 29.4 Å². The van der Waals surface area contributed by atoms with Crippen LogP contribution in [0.25, 0.3) is 5.69 Å². The number of amides is 1. The number of piperidine rings is 1. The Balaban J connectivity index is 1.94. The molecule has 0 radical (unpaired) electrons. The summed E-state index contributed by atoms with van der Waals surface area (Å²) in [6, 6.07) is 5.60. The smallest absolute Gasteiger partial charge is 0.254 e. The van der Waals surface area contributed by atoms with E-state index in [0.29, 0.717) is 22.9 Å². The van der Waals surface area contributed by atoms with E-state index in [-0.39, 0.29) is 11.9 Å². The number of hydrogen-bond acceptors (Lipinski definition) is 5. The highest BCUT2D eigenvalue weighted by atomic mass is 16.5. The minimum Gasteiger partial charge on any atom is -0.494 e. The summed E-state index contributed by atoms with van der Waals surface area (Å²) in [4.78, 5) is 14.9. The van der Waals surface area contributed by atoms with E-state index < -0.39 is 0 Å². The number of hydrogen-bond donors (Lipinski definition) is 0. The molecule has 1 amide bonds. The van der Waals surface area contributed by atoms with Gasteiger partial charge in [0, 0.05) is 18.2 Å². The Morgan fingerprint density at radius 2 is 2.17 bits per heavy atom. The molecule has 0 spiro atoms. The zero-order valence-corrected chi connectivity index (χ0v) is 13.6. The van der Waals surface area contributed by atoms with Crippen LogP contribution in [-0.2, 0) is 0 Å². The maximum Gasteiger partial charge on any atom is 0.254 e. The lowest BCUT2D eigenvalue weighted by Gasteiger charge is -2.38. The molecular formula is C16H21N5O2. The van der Waals surface area contributed by atoms with Crippen molar-refractivity contribution in [2.24, 2.45) is 5.92 Å². The molecule has 1 fully saturated rings. The third-order valence-electron chi connectivity index (χ3n) is 4.66. The van der Waals surface area contributed by atoms with E-state index in [1.807, 2.05) is 4.90 Å². The lowest BCUT2D eigenvalue weighted by atomic mass is 9.91. The molecule has 0 unspecified atom stereocenters. The first-order valence-electron chi connectivity index (χ1n) is 7.84. The number of carbonyl (C=O) groups excluding carboxylic acids is 1. The highest BCUT2D eigenvalue weighted by molar-refractivity contribution is 5.95. The first-order valence-corrected chi connectivity index (χ1v) is 7.84. The molecule has 0 N–H and O–H groups in total. The molecule has 2 aromatic rings. The van der Waals surface area contributed by atoms with Gasteiger partial charge in [-0.15, -0.1) is 5.10 Å². The summed E-state index contributed by atoms with van der Waals surface area (Å²) in [6.07, 6.45) is 3.70. The van der Waals surface area contributed by atoms with Gasteiger partial charge in [0.1, 0.15) is 17.8 Å². The lowest BCUT2D eigenvalue weighted by Crippen LogP contribution is -2.46. The Hall–Kier alpha value is -2.44. The second kappa shape index (κ2) is 6.36. The Labute approximate surface area is 135 Å². The normalized spacial score (nSPS) is 21.3. The van der Waals surface area contributed by atoms with Crippen LogP contribution in [-0.4, -0.2) is 50.7 Å². The van der Waals surface area contributed by atoms with Gasteiger partial charge in [-0.1, -0.05) is 6.92 Å². The van der Waals surface area contributed by atoms with Gasteiger partial charge in [0.25, 0.3) is 5.91 Å². The molecule has 3 rings (SSSR count). The summed E-state index contributed by atoms with van der Waals surface area (Å²) < 4.78 is 6.84. The van der Waals surface area contributed by atoms with Crippen molar-refractivity contribution < 1.29 is 9.53 Å². The van der Waals surface area contributed by atoms with E-state index >= 15 is 0 Å². The van der Waals surface area contributed by atoms with Crippen LogP contribution >= 0.6 is 0 Å². The van der Waals surface area contributed by atoms with Gasteiger partial charge in [0.15, 0.2) is 0 Å². The van der Waals surface area contributed by atoms with Crippen molar-refractivity contribution in [3.8, 4) is 11.4 Å². The summed E-state index contributed by atoms with van der Waals surface area (Å²) in [5.41, 5.74) is 1.28. The van der Waals surface area contributed by atoms with Crippen molar-refractivity contribution in [1.29, 1.82) is 0 Å². The number of benzene rings is 1. The van der Waals surface area contributed by atoms with Gasteiger partial charge in [-0.05, 0) is 54.3 Å². The predicted molar refractivity (Wildman–Crippen MR) is 84.6 cm³/mol. The van der Waals surface area contributed by atoms with Crippen molar-refractivity contribution in [3.05, 3.63) is 30.1 Å². The van der Waals surface area contributed by atoms with E-state index in [9.17, 15) is 4.79 Å². The van der Waals surface area contributed by atoms with E-state index in [4.69, 9.17) is 4.74 Å². The molecule has 7 nitrogen and oxygen atoms in total. The molecule has 0 saturated carbocycles. The quantitative estimate of drug-likeness (QED) is 0.865. The largest absolute Gasteiger partial charge is 0.494 e. The van der Waals surface area contributed by atoms with Gasteiger partial charge in [-0.25, -0.2) is 0 Å². The molecule has 23 heavy (non-hydrogen) atoms. The first-order chi connectivity index (χ1) is 11.1. The van der Waals surface area contributed by atoms with Crippen LogP contribution in [0.2, 0.25) is 0 Å². The van der Waals surface area contributed by atoms with Gasteiger partial charge in [0.05, 0.1) is 7.11 Å². The van der Waals surface area contributed by atoms with Crippen LogP contribution in [0.1, 0.15) is 37.0 Å². The van der Waals surface area contributed by atoms with Gasteiger partial charge < -0.3 is 9.64 Å². The summed E-state index contributed by atoms with van der Waals surface area (Å²) in [5, 5.41) is 11.2. The number of aromatic nitrogens is 4. The minimum atomic E-state index is 0.0426. The predicted octanol–water partition coefficient (Wildman–Crippen LogP) is 1.93. The molecule has 122 valence electrons. The maximum absolute atomic E-state index is 12.9. The van der Waals surface area contributed by atoms with Crippen LogP contribution in [0.4, 0.5) is 0 Å². The molecule has 1 aromatic carbocycles. The van der Waals surface area contributed by atoms with Crippen LogP contribution < -0.4 is 4.74 Å². The molecule has 2 heterocycles. The number of rotatable bonds is 3. The van der Waals surface area contributed by atoms with E-state index in [0.717, 1.165) is 13.0 Å². The molecular weight excluding hydrogens is 294 g/mol. The number of carbonyl (C=O) groups is 1. The topological polar surface area (TPSA) is 73.1 Å². The van der Waals surface area contributed by atoms with E-state index in [1.165, 1.54) is 17.4 Å². The molecule has 1 saturated heterocycles. The SMILES string of the molecule is COc1ccc(C(=O)N2CCC[C@H](C)[C@H]2C)cc1-n1cnnn1. The van der Waals surface area contributed by atoms with Crippen LogP contribution in [0, 0.1) is 5.92 Å². The summed E-state index contributed by atoms with van der Waals surface area (Å²) >= 11 is 0. The fraction of sp³-hybridized carbons (Fsp3) is 0.500. The van der Waals surface area contributed by atoms with Crippen LogP contribution in [0.15, 0.2) is 24.5 Å². The molecule has 2 atom stereocenters. The van der Waals surface area contributed by atoms with Crippen LogP contribution in [0.3, 0.4) is 0 Å². The number of nitrogens with zero attached hydrogens (tertiary/aromatic N) is 5. The fourth-order valence-corrected chi connectivity index (χ4v) is 3.06. The zero-order chi connectivity index (χ0) is 16.4. The Morgan fingerprint density at radius 3 is 2.87 bits per heavy atom. The number of tetrazole rings is 1. The van der Waals surface area contributed by atoms with Crippen LogP contribution in [0.5, 0.6) is 5.75 Å². The molecule has 1 aliphatic heterocycles. The van der Waals surface area contributed by atoms with Gasteiger partial charge in [0.2, 0.25) is 0 Å². The average Bonchev–Trinajstić information content (AvgIpc) is 3.10. The number of likely N-dealkylation sites (tertiary alicyclic amines) is 1. The summed E-state index contributed by atoms with van der Waals surface area (Å²) in [5.74, 6) is 1.18. The average molecular weight is 315 g/mol. The fourth-order valence-electron chi connectivity index (χ4n) is 3.06. The zero-order valence-electron chi connectivity index (χ0n) is 13.6. The molecule has 0 aliphatic carbocycles. The van der Waals surface area contributed by atoms with Crippen molar-refractivity contribution in [2.75, 3.05) is 13.7 Å². The second-order valence-corrected chi connectivity index (χ2v) is 6.00. The molecule has 7 heteroatoms. The standard InChI is InChI=1S/C16H21N5O2/c1-11-5-4-8-20(12(11)2)16(22)13-6-7-15(23-3)14(9-13)21-10-17-18-19-21/h6-7,9-12H,4-5,8H2,1-3H3/t11-,12+/m0/s1. The van der Waals surface area contributed by atoms with E-state index in [1.54, 1.807) is 25.3 Å². The third-order valence-corrected chi connectivity index (χ3v) is 4.66. The van der Waals surface area contributed by atoms with Crippen molar-refractivity contribution >= 4 is 5.91 Å². The minimum absolute atomic E-state index is 0.0426. The number of ether oxygens (including phenoxy) is 1. The summed E-state index contributed by atoms with van der Waals surface area (Å²) in [7, 11) is 1.58. The van der Waals surface area contributed by atoms with Gasteiger partial charge >= 0.3 is 0 Å². The maximum atomic E-state index is 12.9. The van der Waals surface area contributed by atoms with Gasteiger partial charge in [-0.2, -0.15) is 4.68 Å². The molecule has 0 bridgehead atoms. The van der Waals surface area contributed by atoms with Crippen molar-refractivity contribution in [3.63, 3.8) is 0 Å².